The van der Waals surface area contributed by atoms with Crippen LogP contribution in [0.15, 0.2) is 42.2 Å². The zero-order chi connectivity index (χ0) is 20.9. The molecule has 0 atom stereocenters. The van der Waals surface area contributed by atoms with Crippen molar-refractivity contribution < 1.29 is 9.59 Å². The summed E-state index contributed by atoms with van der Waals surface area (Å²) in [5, 5.41) is 16.6. The van der Waals surface area contributed by atoms with Crippen LogP contribution in [0.4, 0.5) is 21.6 Å². The van der Waals surface area contributed by atoms with E-state index in [0.717, 1.165) is 34.0 Å². The third kappa shape index (κ3) is 3.34. The van der Waals surface area contributed by atoms with E-state index in [9.17, 15) is 9.59 Å². The summed E-state index contributed by atoms with van der Waals surface area (Å²) in [6.07, 6.45) is 5.40. The van der Waals surface area contributed by atoms with Crippen molar-refractivity contribution in [2.75, 3.05) is 10.6 Å². The Balaban J connectivity index is 1.42. The van der Waals surface area contributed by atoms with E-state index in [1.54, 1.807) is 28.1 Å². The third-order valence-electron chi connectivity index (χ3n) is 4.98. The Kier molecular flexibility index (Phi) is 3.90. The number of anilines is 3. The molecular weight excluding hydrogens is 416 g/mol. The van der Waals surface area contributed by atoms with Gasteiger partial charge in [0.15, 0.2) is 10.8 Å². The van der Waals surface area contributed by atoms with Gasteiger partial charge in [0.25, 0.3) is 5.91 Å². The molecule has 2 aliphatic rings. The predicted molar refractivity (Wildman–Crippen MR) is 117 cm³/mol. The number of thiazole rings is 1. The fourth-order valence-electron chi connectivity index (χ4n) is 3.36. The summed E-state index contributed by atoms with van der Waals surface area (Å²) in [6, 6.07) is 9.69. The molecule has 1 aliphatic carbocycles. The summed E-state index contributed by atoms with van der Waals surface area (Å²) >= 11 is 1.55. The van der Waals surface area contributed by atoms with Gasteiger partial charge >= 0.3 is 6.03 Å². The number of benzene rings is 1. The molecule has 0 radical (unpaired) electrons. The molecule has 10 nitrogen and oxygen atoms in total. The second-order valence-electron chi connectivity index (χ2n) is 7.36. The highest BCUT2D eigenvalue weighted by Gasteiger charge is 2.25. The SMILES string of the molecule is O=C1NC(=O)/C(=C/c2cnn3c(NC4CC4)cc(Nc4nc5ccccc5s4)nc23)N1. The number of nitrogens with zero attached hydrogens (tertiary/aromatic N) is 4. The normalized spacial score (nSPS) is 17.4. The molecule has 1 saturated heterocycles. The van der Waals surface area contributed by atoms with Gasteiger partial charge in [0, 0.05) is 17.7 Å². The van der Waals surface area contributed by atoms with E-state index >= 15 is 0 Å². The fourth-order valence-corrected chi connectivity index (χ4v) is 4.23. The molecule has 4 aromatic rings. The van der Waals surface area contributed by atoms with Crippen LogP contribution >= 0.6 is 11.3 Å². The molecule has 0 bridgehead atoms. The van der Waals surface area contributed by atoms with E-state index in [1.807, 2.05) is 30.3 Å². The standard InChI is InChI=1S/C20H16N8O2S/c29-18-13(23-19(30)27-18)7-10-9-21-28-16(22-11-5-6-11)8-15(25-17(10)28)26-20-24-12-3-1-2-4-14(12)31-20/h1-4,7-9,11,22H,5-6H2,(H,24,25,26)(H2,23,27,29,30)/b13-7-. The third-order valence-corrected chi connectivity index (χ3v) is 5.93. The van der Waals surface area contributed by atoms with E-state index in [2.05, 4.69) is 31.3 Å². The predicted octanol–water partition coefficient (Wildman–Crippen LogP) is 2.84. The highest BCUT2D eigenvalue weighted by molar-refractivity contribution is 7.22. The largest absolute Gasteiger partial charge is 0.367 e. The highest BCUT2D eigenvalue weighted by Crippen LogP contribution is 2.31. The van der Waals surface area contributed by atoms with Crippen molar-refractivity contribution in [1.82, 2.24) is 30.2 Å². The van der Waals surface area contributed by atoms with Crippen LogP contribution in [-0.2, 0) is 4.79 Å². The Hall–Kier alpha value is -3.99. The van der Waals surface area contributed by atoms with Gasteiger partial charge < -0.3 is 16.0 Å². The van der Waals surface area contributed by atoms with Crippen LogP contribution in [0.1, 0.15) is 18.4 Å². The minimum Gasteiger partial charge on any atom is -0.367 e. The molecule has 11 heteroatoms. The van der Waals surface area contributed by atoms with E-state index in [4.69, 9.17) is 4.98 Å². The Morgan fingerprint density at radius 1 is 1.16 bits per heavy atom. The van der Waals surface area contributed by atoms with Gasteiger partial charge in [-0.1, -0.05) is 23.5 Å². The van der Waals surface area contributed by atoms with Crippen LogP contribution in [0.3, 0.4) is 0 Å². The summed E-state index contributed by atoms with van der Waals surface area (Å²) in [5.74, 6) is 0.917. The van der Waals surface area contributed by atoms with Gasteiger partial charge in [-0.2, -0.15) is 9.61 Å². The molecule has 1 aromatic carbocycles. The number of rotatable bonds is 5. The average Bonchev–Trinajstić information content (AvgIpc) is 3.18. The van der Waals surface area contributed by atoms with Crippen LogP contribution in [-0.4, -0.2) is 37.6 Å². The lowest BCUT2D eigenvalue weighted by molar-refractivity contribution is -0.115. The van der Waals surface area contributed by atoms with Crippen molar-refractivity contribution in [1.29, 1.82) is 0 Å². The van der Waals surface area contributed by atoms with Crippen LogP contribution in [0, 0.1) is 0 Å². The fraction of sp³-hybridized carbons (Fsp3) is 0.150. The van der Waals surface area contributed by atoms with Gasteiger partial charge in [-0.15, -0.1) is 0 Å². The van der Waals surface area contributed by atoms with Crippen molar-refractivity contribution in [3.8, 4) is 0 Å². The maximum atomic E-state index is 11.9. The van der Waals surface area contributed by atoms with Crippen LogP contribution in [0.25, 0.3) is 21.9 Å². The highest BCUT2D eigenvalue weighted by atomic mass is 32.1. The van der Waals surface area contributed by atoms with Gasteiger partial charge in [-0.3, -0.25) is 10.1 Å². The Bertz CT molecular complexity index is 1370. The minimum atomic E-state index is -0.546. The molecular formula is C20H16N8O2S. The first-order chi connectivity index (χ1) is 15.1. The molecule has 3 amide bonds. The molecule has 4 N–H and O–H groups in total. The summed E-state index contributed by atoms with van der Waals surface area (Å²) in [5.41, 5.74) is 2.24. The first kappa shape index (κ1) is 17.8. The zero-order valence-corrected chi connectivity index (χ0v) is 16.9. The molecule has 1 saturated carbocycles. The van der Waals surface area contributed by atoms with Gasteiger partial charge in [-0.05, 0) is 31.1 Å². The monoisotopic (exact) mass is 432 g/mol. The molecule has 1 aliphatic heterocycles. The van der Waals surface area contributed by atoms with Gasteiger partial charge in [0.1, 0.15) is 17.3 Å². The summed E-state index contributed by atoms with van der Waals surface area (Å²) in [4.78, 5) is 32.7. The van der Waals surface area contributed by atoms with E-state index in [0.29, 0.717) is 23.1 Å². The second kappa shape index (κ2) is 6.77. The Labute approximate surface area is 179 Å². The Morgan fingerprint density at radius 3 is 2.81 bits per heavy atom. The van der Waals surface area contributed by atoms with Crippen LogP contribution in [0.2, 0.25) is 0 Å². The molecule has 0 unspecified atom stereocenters. The summed E-state index contributed by atoms with van der Waals surface area (Å²) in [7, 11) is 0. The molecule has 154 valence electrons. The molecule has 31 heavy (non-hydrogen) atoms. The van der Waals surface area contributed by atoms with E-state index in [1.165, 1.54) is 0 Å². The number of nitrogens with one attached hydrogen (secondary N) is 4. The van der Waals surface area contributed by atoms with Crippen molar-refractivity contribution in [3.63, 3.8) is 0 Å². The molecule has 6 rings (SSSR count). The smallest absolute Gasteiger partial charge is 0.326 e. The number of amides is 3. The maximum absolute atomic E-state index is 11.9. The van der Waals surface area contributed by atoms with Crippen molar-refractivity contribution in [2.24, 2.45) is 0 Å². The van der Waals surface area contributed by atoms with Gasteiger partial charge in [0.05, 0.1) is 16.4 Å². The molecule has 4 heterocycles. The number of aromatic nitrogens is 4. The maximum Gasteiger partial charge on any atom is 0.326 e. The number of hydrogen-bond donors (Lipinski definition) is 4. The average molecular weight is 432 g/mol. The summed E-state index contributed by atoms with van der Waals surface area (Å²) < 4.78 is 2.78. The number of carbonyl (C=O) groups is 2. The lowest BCUT2D eigenvalue weighted by Gasteiger charge is -2.10. The molecule has 3 aromatic heterocycles. The quantitative estimate of drug-likeness (QED) is 0.282. The number of imide groups is 1. The zero-order valence-electron chi connectivity index (χ0n) is 16.0. The number of fused-ring (bicyclic) bond motifs is 2. The van der Waals surface area contributed by atoms with E-state index in [-0.39, 0.29) is 5.70 Å². The van der Waals surface area contributed by atoms with Crippen LogP contribution < -0.4 is 21.3 Å². The van der Waals surface area contributed by atoms with Crippen molar-refractivity contribution >= 4 is 62.0 Å². The number of hydrogen-bond acceptors (Lipinski definition) is 8. The first-order valence-electron chi connectivity index (χ1n) is 9.74. The van der Waals surface area contributed by atoms with Gasteiger partial charge in [0.2, 0.25) is 0 Å². The van der Waals surface area contributed by atoms with Crippen molar-refractivity contribution in [2.45, 2.75) is 18.9 Å². The molecule has 0 spiro atoms. The number of carbonyl (C=O) groups excluding carboxylic acids is 2. The van der Waals surface area contributed by atoms with Gasteiger partial charge in [-0.25, -0.2) is 14.8 Å². The van der Waals surface area contributed by atoms with Crippen molar-refractivity contribution in [3.05, 3.63) is 47.8 Å². The summed E-state index contributed by atoms with van der Waals surface area (Å²) in [6.45, 7) is 0. The minimum absolute atomic E-state index is 0.155. The van der Waals surface area contributed by atoms with E-state index < -0.39 is 11.9 Å². The Morgan fingerprint density at radius 2 is 2.03 bits per heavy atom. The van der Waals surface area contributed by atoms with Crippen LogP contribution in [0.5, 0.6) is 0 Å². The first-order valence-corrected chi connectivity index (χ1v) is 10.6. The molecule has 2 fully saturated rings. The lowest BCUT2D eigenvalue weighted by atomic mass is 10.2. The number of urea groups is 1. The topological polar surface area (TPSA) is 125 Å². The number of para-hydroxylation sites is 1. The lowest BCUT2D eigenvalue weighted by Crippen LogP contribution is -2.22. The second-order valence-corrected chi connectivity index (χ2v) is 8.39.